The Morgan fingerprint density at radius 3 is 2.32 bits per heavy atom. The number of nitrogens with one attached hydrogen (secondary N) is 1. The highest BCUT2D eigenvalue weighted by atomic mass is 16.2. The molecule has 3 aliphatic rings. The summed E-state index contributed by atoms with van der Waals surface area (Å²) in [4.78, 5) is 40.5. The Morgan fingerprint density at radius 1 is 1.14 bits per heavy atom. The molecule has 1 aliphatic carbocycles. The SMILES string of the molecule is CC1NCCN(C(=O)CN2C(=O)C3CCCCC3C2=O)C1C. The van der Waals surface area contributed by atoms with Crippen molar-refractivity contribution in [3.8, 4) is 0 Å². The number of likely N-dealkylation sites (tertiary alicyclic amines) is 1. The van der Waals surface area contributed by atoms with Crippen molar-refractivity contribution in [2.45, 2.75) is 51.6 Å². The lowest BCUT2D eigenvalue weighted by Crippen LogP contribution is -2.59. The van der Waals surface area contributed by atoms with Crippen molar-refractivity contribution in [1.29, 1.82) is 0 Å². The maximum atomic E-state index is 12.6. The van der Waals surface area contributed by atoms with E-state index in [0.717, 1.165) is 32.2 Å². The van der Waals surface area contributed by atoms with Crippen molar-refractivity contribution in [1.82, 2.24) is 15.1 Å². The highest BCUT2D eigenvalue weighted by Gasteiger charge is 2.49. The molecular weight excluding hydrogens is 282 g/mol. The Labute approximate surface area is 131 Å². The maximum absolute atomic E-state index is 12.6. The van der Waals surface area contributed by atoms with E-state index in [2.05, 4.69) is 5.32 Å². The molecule has 0 aromatic heterocycles. The quantitative estimate of drug-likeness (QED) is 0.748. The first-order valence-electron chi connectivity index (χ1n) is 8.38. The molecule has 1 saturated carbocycles. The number of amides is 3. The Kier molecular flexibility index (Phi) is 4.21. The van der Waals surface area contributed by atoms with Crippen molar-refractivity contribution < 1.29 is 14.4 Å². The largest absolute Gasteiger partial charge is 0.336 e. The van der Waals surface area contributed by atoms with E-state index in [1.54, 1.807) is 4.90 Å². The van der Waals surface area contributed by atoms with E-state index in [1.165, 1.54) is 4.90 Å². The minimum atomic E-state index is -0.173. The van der Waals surface area contributed by atoms with Gasteiger partial charge in [-0.15, -0.1) is 0 Å². The molecule has 4 unspecified atom stereocenters. The Hall–Kier alpha value is -1.43. The van der Waals surface area contributed by atoms with Crippen molar-refractivity contribution in [2.24, 2.45) is 11.8 Å². The first-order chi connectivity index (χ1) is 10.5. The molecule has 4 atom stereocenters. The van der Waals surface area contributed by atoms with E-state index in [-0.39, 0.29) is 48.2 Å². The number of rotatable bonds is 2. The molecular formula is C16H25N3O3. The summed E-state index contributed by atoms with van der Waals surface area (Å²) >= 11 is 0. The van der Waals surface area contributed by atoms with Gasteiger partial charge in [-0.2, -0.15) is 0 Å². The van der Waals surface area contributed by atoms with Gasteiger partial charge in [-0.05, 0) is 26.7 Å². The van der Waals surface area contributed by atoms with Crippen molar-refractivity contribution in [3.63, 3.8) is 0 Å². The van der Waals surface area contributed by atoms with Gasteiger partial charge >= 0.3 is 0 Å². The van der Waals surface area contributed by atoms with Gasteiger partial charge in [0.15, 0.2) is 0 Å². The standard InChI is InChI=1S/C16H25N3O3/c1-10-11(2)18(8-7-17-10)14(20)9-19-15(21)12-5-3-4-6-13(12)16(19)22/h10-13,17H,3-9H2,1-2H3. The minimum Gasteiger partial charge on any atom is -0.336 e. The molecule has 0 aromatic carbocycles. The first-order valence-corrected chi connectivity index (χ1v) is 8.38. The molecule has 2 saturated heterocycles. The number of carbonyl (C=O) groups excluding carboxylic acids is 3. The molecule has 3 amide bonds. The minimum absolute atomic E-state index is 0.0799. The summed E-state index contributed by atoms with van der Waals surface area (Å²) in [6.07, 6.45) is 3.60. The van der Waals surface area contributed by atoms with Crippen LogP contribution in [0.4, 0.5) is 0 Å². The summed E-state index contributed by atoms with van der Waals surface area (Å²) in [5, 5.41) is 3.33. The molecule has 0 aromatic rings. The third kappa shape index (κ3) is 2.53. The average molecular weight is 307 g/mol. The second-order valence-electron chi connectivity index (χ2n) is 6.83. The van der Waals surface area contributed by atoms with Crippen LogP contribution in [0.15, 0.2) is 0 Å². The molecule has 0 spiro atoms. The molecule has 0 radical (unpaired) electrons. The summed E-state index contributed by atoms with van der Waals surface area (Å²) in [6, 6.07) is 0.307. The van der Waals surface area contributed by atoms with Crippen LogP contribution in [0.25, 0.3) is 0 Å². The van der Waals surface area contributed by atoms with Crippen molar-refractivity contribution in [2.75, 3.05) is 19.6 Å². The predicted octanol–water partition coefficient (Wildman–Crippen LogP) is 0.370. The average Bonchev–Trinajstić information content (AvgIpc) is 2.75. The van der Waals surface area contributed by atoms with E-state index < -0.39 is 0 Å². The number of imide groups is 1. The monoisotopic (exact) mass is 307 g/mol. The summed E-state index contributed by atoms with van der Waals surface area (Å²) in [5.74, 6) is -0.708. The maximum Gasteiger partial charge on any atom is 0.243 e. The third-order valence-corrected chi connectivity index (χ3v) is 5.58. The van der Waals surface area contributed by atoms with Gasteiger partial charge < -0.3 is 10.2 Å². The first kappa shape index (κ1) is 15.5. The van der Waals surface area contributed by atoms with Gasteiger partial charge in [0, 0.05) is 25.2 Å². The van der Waals surface area contributed by atoms with E-state index in [4.69, 9.17) is 0 Å². The van der Waals surface area contributed by atoms with Crippen LogP contribution >= 0.6 is 0 Å². The van der Waals surface area contributed by atoms with Crippen LogP contribution < -0.4 is 5.32 Å². The van der Waals surface area contributed by atoms with Gasteiger partial charge in [0.1, 0.15) is 6.54 Å². The molecule has 6 nitrogen and oxygen atoms in total. The summed E-state index contributed by atoms with van der Waals surface area (Å²) in [7, 11) is 0. The van der Waals surface area contributed by atoms with Crippen LogP contribution in [0.3, 0.4) is 0 Å². The van der Waals surface area contributed by atoms with Crippen LogP contribution in [0.2, 0.25) is 0 Å². The van der Waals surface area contributed by atoms with E-state index >= 15 is 0 Å². The van der Waals surface area contributed by atoms with E-state index in [1.807, 2.05) is 13.8 Å². The van der Waals surface area contributed by atoms with Crippen molar-refractivity contribution in [3.05, 3.63) is 0 Å². The van der Waals surface area contributed by atoms with Crippen molar-refractivity contribution >= 4 is 17.7 Å². The molecule has 2 aliphatic heterocycles. The smallest absolute Gasteiger partial charge is 0.243 e. The highest BCUT2D eigenvalue weighted by molar-refractivity contribution is 6.07. The fourth-order valence-corrected chi connectivity index (χ4v) is 4.02. The number of nitrogens with zero attached hydrogens (tertiary/aromatic N) is 2. The number of fused-ring (bicyclic) bond motifs is 1. The molecule has 6 heteroatoms. The third-order valence-electron chi connectivity index (χ3n) is 5.58. The second kappa shape index (κ2) is 5.99. The van der Waals surface area contributed by atoms with Gasteiger partial charge in [0.25, 0.3) is 0 Å². The highest BCUT2D eigenvalue weighted by Crippen LogP contribution is 2.37. The summed E-state index contributed by atoms with van der Waals surface area (Å²) in [5.41, 5.74) is 0. The Morgan fingerprint density at radius 2 is 1.73 bits per heavy atom. The second-order valence-corrected chi connectivity index (χ2v) is 6.83. The lowest BCUT2D eigenvalue weighted by molar-refractivity contribution is -0.148. The van der Waals surface area contributed by atoms with Gasteiger partial charge in [-0.3, -0.25) is 19.3 Å². The molecule has 22 heavy (non-hydrogen) atoms. The number of piperazine rings is 1. The fourth-order valence-electron chi connectivity index (χ4n) is 4.02. The zero-order valence-corrected chi connectivity index (χ0v) is 13.4. The normalized spacial score (nSPS) is 35.7. The van der Waals surface area contributed by atoms with Crippen LogP contribution in [-0.4, -0.2) is 59.2 Å². The van der Waals surface area contributed by atoms with Gasteiger partial charge in [-0.25, -0.2) is 0 Å². The van der Waals surface area contributed by atoms with Crippen LogP contribution in [-0.2, 0) is 14.4 Å². The number of hydrogen-bond acceptors (Lipinski definition) is 4. The van der Waals surface area contributed by atoms with E-state index in [9.17, 15) is 14.4 Å². The van der Waals surface area contributed by atoms with E-state index in [0.29, 0.717) is 6.54 Å². The van der Waals surface area contributed by atoms with Crippen LogP contribution in [0.5, 0.6) is 0 Å². The Balaban J connectivity index is 1.68. The molecule has 122 valence electrons. The summed E-state index contributed by atoms with van der Waals surface area (Å²) < 4.78 is 0. The number of hydrogen-bond donors (Lipinski definition) is 1. The molecule has 3 rings (SSSR count). The predicted molar refractivity (Wildman–Crippen MR) is 80.8 cm³/mol. The van der Waals surface area contributed by atoms with Gasteiger partial charge in [0.2, 0.25) is 17.7 Å². The lowest BCUT2D eigenvalue weighted by atomic mass is 9.81. The van der Waals surface area contributed by atoms with Gasteiger partial charge in [0.05, 0.1) is 11.8 Å². The molecule has 3 fully saturated rings. The zero-order chi connectivity index (χ0) is 15.9. The topological polar surface area (TPSA) is 69.7 Å². The Bertz CT molecular complexity index is 469. The molecule has 2 heterocycles. The van der Waals surface area contributed by atoms with Crippen LogP contribution in [0.1, 0.15) is 39.5 Å². The van der Waals surface area contributed by atoms with Crippen LogP contribution in [0, 0.1) is 11.8 Å². The molecule has 1 N–H and O–H groups in total. The lowest BCUT2D eigenvalue weighted by Gasteiger charge is -2.39. The fraction of sp³-hybridized carbons (Fsp3) is 0.812. The number of carbonyl (C=O) groups is 3. The van der Waals surface area contributed by atoms with Gasteiger partial charge in [-0.1, -0.05) is 12.8 Å². The summed E-state index contributed by atoms with van der Waals surface area (Å²) in [6.45, 7) is 5.35. The molecule has 0 bridgehead atoms. The zero-order valence-electron chi connectivity index (χ0n) is 13.4.